The van der Waals surface area contributed by atoms with Gasteiger partial charge >= 0.3 is 0 Å². The van der Waals surface area contributed by atoms with Gasteiger partial charge in [-0.15, -0.1) is 0 Å². The summed E-state index contributed by atoms with van der Waals surface area (Å²) in [5.41, 5.74) is 5.97. The lowest BCUT2D eigenvalue weighted by Crippen LogP contribution is -2.14. The molecule has 0 aliphatic rings. The fourth-order valence-corrected chi connectivity index (χ4v) is 5.62. The molecule has 5 heteroatoms. The Labute approximate surface area is 247 Å². The number of pyridine rings is 1. The summed E-state index contributed by atoms with van der Waals surface area (Å²) in [5, 5.41) is 1.62. The molecule has 7 aromatic rings. The van der Waals surface area contributed by atoms with Crippen LogP contribution in [0.4, 0.5) is 34.1 Å². The van der Waals surface area contributed by atoms with E-state index < -0.39 is 6.85 Å². The topological polar surface area (TPSA) is 32.5 Å². The predicted octanol–water partition coefficient (Wildman–Crippen LogP) is 10.9. The minimum absolute atomic E-state index is 0.181. The number of aryl methyl sites for hydroxylation is 1. The van der Waals surface area contributed by atoms with Crippen molar-refractivity contribution in [3.05, 3.63) is 150 Å². The van der Waals surface area contributed by atoms with Crippen molar-refractivity contribution in [2.45, 2.75) is 6.85 Å². The largest absolute Gasteiger partial charge is 0.438 e. The second-order valence-corrected chi connectivity index (χ2v) is 9.96. The van der Waals surface area contributed by atoms with E-state index in [2.05, 4.69) is 9.88 Å². The minimum atomic E-state index is -2.37. The number of hydrogen-bond donors (Lipinski definition) is 0. The highest BCUT2D eigenvalue weighted by atomic mass is 35.5. The van der Waals surface area contributed by atoms with E-state index in [4.69, 9.17) is 20.1 Å². The minimum Gasteiger partial charge on any atom is -0.438 e. The molecule has 0 saturated heterocycles. The van der Waals surface area contributed by atoms with E-state index in [1.54, 1.807) is 6.07 Å². The molecule has 0 unspecified atom stereocenters. The molecule has 198 valence electrons. The van der Waals surface area contributed by atoms with Gasteiger partial charge in [-0.05, 0) is 79.1 Å². The third-order valence-electron chi connectivity index (χ3n) is 7.10. The number of furan rings is 1. The first-order chi connectivity index (χ1) is 21.4. The fraction of sp³-hybridized carbons (Fsp3) is 0.0278. The molecule has 2 aromatic heterocycles. The van der Waals surface area contributed by atoms with Crippen molar-refractivity contribution in [1.82, 2.24) is 4.98 Å². The quantitative estimate of drug-likeness (QED) is 0.204. The van der Waals surface area contributed by atoms with Gasteiger partial charge in [-0.25, -0.2) is 4.98 Å². The van der Waals surface area contributed by atoms with Crippen LogP contribution < -0.4 is 9.80 Å². The Kier molecular flexibility index (Phi) is 5.56. The van der Waals surface area contributed by atoms with Gasteiger partial charge < -0.3 is 14.2 Å². The summed E-state index contributed by atoms with van der Waals surface area (Å²) in [4.78, 5) is 8.57. The number of halogens is 1. The highest BCUT2D eigenvalue weighted by molar-refractivity contribution is 6.37. The van der Waals surface area contributed by atoms with E-state index in [-0.39, 0.29) is 11.3 Å². The summed E-state index contributed by atoms with van der Waals surface area (Å²) in [6, 6.07) is 43.2. The Morgan fingerprint density at radius 3 is 1.73 bits per heavy atom. The molecule has 41 heavy (non-hydrogen) atoms. The molecule has 0 aliphatic heterocycles. The Bertz CT molecular complexity index is 2040. The van der Waals surface area contributed by atoms with E-state index in [0.717, 1.165) is 28.4 Å². The number of benzene rings is 5. The smallest absolute Gasteiger partial charge is 0.227 e. The number of para-hydroxylation sites is 3. The van der Waals surface area contributed by atoms with Crippen molar-refractivity contribution >= 4 is 67.8 Å². The van der Waals surface area contributed by atoms with Gasteiger partial charge in [0.15, 0.2) is 0 Å². The zero-order valence-corrected chi connectivity index (χ0v) is 22.7. The maximum Gasteiger partial charge on any atom is 0.227 e. The van der Waals surface area contributed by atoms with Crippen LogP contribution in [0, 0.1) is 6.85 Å². The molecule has 7 rings (SSSR count). The fourth-order valence-electron chi connectivity index (χ4n) is 5.33. The van der Waals surface area contributed by atoms with Crippen LogP contribution >= 0.6 is 11.6 Å². The molecule has 5 aromatic carbocycles. The van der Waals surface area contributed by atoms with Crippen LogP contribution in [0.1, 0.15) is 9.68 Å². The van der Waals surface area contributed by atoms with Crippen molar-refractivity contribution < 1.29 is 8.53 Å². The third kappa shape index (κ3) is 4.39. The molecular formula is C36H26ClN3O. The molecule has 0 radical (unpaired) electrons. The summed E-state index contributed by atoms with van der Waals surface area (Å²) in [5.74, 6) is 0. The van der Waals surface area contributed by atoms with Crippen LogP contribution in [0.15, 0.2) is 144 Å². The number of nitrogens with zero attached hydrogens (tertiary/aromatic N) is 3. The van der Waals surface area contributed by atoms with Gasteiger partial charge in [0.25, 0.3) is 0 Å². The molecule has 0 bridgehead atoms. The van der Waals surface area contributed by atoms with Gasteiger partial charge in [0.2, 0.25) is 5.71 Å². The standard InChI is InChI=1S/C36H26ClN3O/c1-25-23-24-38-36-33(25)34-29(19-12-22-32(34)41-36)40(28-17-9-4-10-18-28)31-21-11-20-30(35(31)37)39(26-13-5-2-6-14-26)27-15-7-3-8-16-27/h2-24H,1H3/i1D3. The van der Waals surface area contributed by atoms with Crippen LogP contribution in [0.5, 0.6) is 0 Å². The number of anilines is 6. The highest BCUT2D eigenvalue weighted by Crippen LogP contribution is 2.49. The van der Waals surface area contributed by atoms with Gasteiger partial charge in [-0.1, -0.05) is 78.3 Å². The lowest BCUT2D eigenvalue weighted by atomic mass is 10.1. The molecule has 0 spiro atoms. The summed E-state index contributed by atoms with van der Waals surface area (Å²) < 4.78 is 30.9. The van der Waals surface area contributed by atoms with Gasteiger partial charge in [-0.2, -0.15) is 0 Å². The molecule has 0 amide bonds. The van der Waals surface area contributed by atoms with Crippen LogP contribution in [-0.4, -0.2) is 4.98 Å². The number of aromatic nitrogens is 1. The van der Waals surface area contributed by atoms with Crippen LogP contribution in [0.3, 0.4) is 0 Å². The van der Waals surface area contributed by atoms with Crippen LogP contribution in [0.2, 0.25) is 5.02 Å². The second kappa shape index (κ2) is 10.5. The Hall–Kier alpha value is -5.06. The van der Waals surface area contributed by atoms with E-state index in [9.17, 15) is 0 Å². The van der Waals surface area contributed by atoms with Crippen molar-refractivity contribution in [3.8, 4) is 0 Å². The van der Waals surface area contributed by atoms with Crippen molar-refractivity contribution in [3.63, 3.8) is 0 Å². The molecule has 0 fully saturated rings. The van der Waals surface area contributed by atoms with Crippen molar-refractivity contribution in [1.29, 1.82) is 0 Å². The van der Waals surface area contributed by atoms with Crippen LogP contribution in [0.25, 0.3) is 22.1 Å². The lowest BCUT2D eigenvalue weighted by molar-refractivity contribution is 0.654. The molecule has 0 atom stereocenters. The van der Waals surface area contributed by atoms with Gasteiger partial charge in [0.1, 0.15) is 5.58 Å². The number of fused-ring (bicyclic) bond motifs is 3. The predicted molar refractivity (Wildman–Crippen MR) is 171 cm³/mol. The van der Waals surface area contributed by atoms with Gasteiger partial charge in [0.05, 0.1) is 32.9 Å². The van der Waals surface area contributed by atoms with E-state index in [1.807, 2.05) is 132 Å². The van der Waals surface area contributed by atoms with E-state index in [0.29, 0.717) is 27.1 Å². The molecule has 0 saturated carbocycles. The molecular weight excluding hydrogens is 526 g/mol. The summed E-state index contributed by atoms with van der Waals surface area (Å²) in [7, 11) is 0. The zero-order valence-electron chi connectivity index (χ0n) is 24.9. The molecule has 0 aliphatic carbocycles. The SMILES string of the molecule is [2H]C([2H])([2H])c1ccnc2oc3cccc(N(c4ccccc4)c4cccc(N(c5ccccc5)c5ccccc5)c4Cl)c3c12. The Morgan fingerprint density at radius 2 is 1.12 bits per heavy atom. The molecule has 4 nitrogen and oxygen atoms in total. The van der Waals surface area contributed by atoms with Gasteiger partial charge in [-0.3, -0.25) is 0 Å². The normalized spacial score (nSPS) is 12.6. The average Bonchev–Trinajstić information content (AvgIpc) is 3.44. The molecule has 0 N–H and O–H groups in total. The first-order valence-corrected chi connectivity index (χ1v) is 13.6. The highest BCUT2D eigenvalue weighted by Gasteiger charge is 2.25. The maximum absolute atomic E-state index is 8.27. The third-order valence-corrected chi connectivity index (χ3v) is 7.49. The summed E-state index contributed by atoms with van der Waals surface area (Å²) >= 11 is 7.44. The first-order valence-electron chi connectivity index (χ1n) is 14.8. The maximum atomic E-state index is 8.27. The Morgan fingerprint density at radius 1 is 0.585 bits per heavy atom. The van der Waals surface area contributed by atoms with E-state index in [1.165, 1.54) is 6.20 Å². The van der Waals surface area contributed by atoms with Crippen molar-refractivity contribution in [2.24, 2.45) is 0 Å². The average molecular weight is 555 g/mol. The van der Waals surface area contributed by atoms with E-state index >= 15 is 0 Å². The Balaban J connectivity index is 1.52. The van der Waals surface area contributed by atoms with Gasteiger partial charge in [0, 0.05) is 27.4 Å². The monoisotopic (exact) mass is 554 g/mol. The lowest BCUT2D eigenvalue weighted by Gasteiger charge is -2.31. The molecule has 2 heterocycles. The second-order valence-electron chi connectivity index (χ2n) is 9.58. The first kappa shape index (κ1) is 21.7. The van der Waals surface area contributed by atoms with Crippen molar-refractivity contribution in [2.75, 3.05) is 9.80 Å². The summed E-state index contributed by atoms with van der Waals surface area (Å²) in [6.45, 7) is -2.37. The number of rotatable bonds is 6. The number of hydrogen-bond acceptors (Lipinski definition) is 4. The van der Waals surface area contributed by atoms with Crippen LogP contribution in [-0.2, 0) is 0 Å². The zero-order chi connectivity index (χ0) is 30.3. The summed E-state index contributed by atoms with van der Waals surface area (Å²) in [6.07, 6.45) is 1.48.